The van der Waals surface area contributed by atoms with Gasteiger partial charge in [-0.25, -0.2) is 10.5 Å². The van der Waals surface area contributed by atoms with Gasteiger partial charge in [0.2, 0.25) is 0 Å². The van der Waals surface area contributed by atoms with Crippen LogP contribution in [0.1, 0.15) is 32.1 Å². The molecule has 2 fully saturated rings. The molecule has 2 saturated heterocycles. The summed E-state index contributed by atoms with van der Waals surface area (Å²) in [6.45, 7) is 1.16. The quantitative estimate of drug-likeness (QED) is 0.569. The highest BCUT2D eigenvalue weighted by atomic mass is 32.2. The van der Waals surface area contributed by atoms with Crippen LogP contribution in [0.15, 0.2) is 29.4 Å². The highest BCUT2D eigenvalue weighted by Crippen LogP contribution is 2.31. The number of piperidine rings is 2. The zero-order valence-corrected chi connectivity index (χ0v) is 16.1. The van der Waals surface area contributed by atoms with Crippen LogP contribution in [0, 0.1) is 0 Å². The Bertz CT molecular complexity index is 708. The molecular weight excluding hydrogens is 376 g/mol. The van der Waals surface area contributed by atoms with E-state index in [1.807, 2.05) is 18.2 Å². The minimum Gasteiger partial charge on any atom is -0.289 e. The first-order valence-corrected chi connectivity index (χ1v) is 11.1. The van der Waals surface area contributed by atoms with Gasteiger partial charge >= 0.3 is 0 Å². The van der Waals surface area contributed by atoms with Crippen LogP contribution in [0.25, 0.3) is 0 Å². The summed E-state index contributed by atoms with van der Waals surface area (Å²) in [5.41, 5.74) is 1.60. The zero-order chi connectivity index (χ0) is 18.6. The lowest BCUT2D eigenvalue weighted by Gasteiger charge is -2.39. The fourth-order valence-electron chi connectivity index (χ4n) is 3.43. The summed E-state index contributed by atoms with van der Waals surface area (Å²) in [7, 11) is -3.72. The fraction of sp³-hybridized carbons (Fsp3) is 0.625. The van der Waals surface area contributed by atoms with Crippen molar-refractivity contribution in [3.8, 4) is 0 Å². The molecule has 0 bridgehead atoms. The number of carbonyl (C=O) groups excluding carboxylic acids is 1. The van der Waals surface area contributed by atoms with Gasteiger partial charge in [-0.3, -0.25) is 10.0 Å². The maximum atomic E-state index is 13.0. The first kappa shape index (κ1) is 19.6. The van der Waals surface area contributed by atoms with E-state index >= 15 is 0 Å². The average molecular weight is 401 g/mol. The summed E-state index contributed by atoms with van der Waals surface area (Å²) in [5, 5.41) is 10.2. The maximum absolute atomic E-state index is 13.0. The summed E-state index contributed by atoms with van der Waals surface area (Å²) >= 11 is 1.68. The van der Waals surface area contributed by atoms with Crippen LogP contribution in [0.3, 0.4) is 0 Å². The molecule has 0 aromatic carbocycles. The van der Waals surface area contributed by atoms with Crippen LogP contribution in [0.5, 0.6) is 0 Å². The second-order valence-corrected chi connectivity index (χ2v) is 9.69. The monoisotopic (exact) mass is 400 g/mol. The van der Waals surface area contributed by atoms with Crippen LogP contribution >= 0.6 is 11.8 Å². The lowest BCUT2D eigenvalue weighted by atomic mass is 10.0. The van der Waals surface area contributed by atoms with Crippen LogP contribution < -0.4 is 5.48 Å². The van der Waals surface area contributed by atoms with Crippen molar-refractivity contribution in [2.75, 3.05) is 19.6 Å². The van der Waals surface area contributed by atoms with Crippen molar-refractivity contribution in [1.29, 1.82) is 0 Å². The summed E-state index contributed by atoms with van der Waals surface area (Å²) in [6, 6.07) is 4.94. The molecule has 0 radical (unpaired) electrons. The van der Waals surface area contributed by atoms with E-state index in [0.717, 1.165) is 30.7 Å². The minimum absolute atomic E-state index is 0.309. The third-order valence-corrected chi connectivity index (χ3v) is 8.15. The Hall–Kier alpha value is -1.20. The minimum atomic E-state index is -3.72. The van der Waals surface area contributed by atoms with Gasteiger partial charge in [-0.15, -0.1) is 11.8 Å². The van der Waals surface area contributed by atoms with Crippen molar-refractivity contribution in [2.45, 2.75) is 48.4 Å². The Morgan fingerprint density at radius 1 is 1.19 bits per heavy atom. The number of nitrogens with one attached hydrogen (secondary N) is 1. The first-order valence-electron chi connectivity index (χ1n) is 8.81. The van der Waals surface area contributed by atoms with Crippen molar-refractivity contribution in [2.24, 2.45) is 0 Å². The van der Waals surface area contributed by atoms with Crippen molar-refractivity contribution in [1.82, 2.24) is 19.1 Å². The van der Waals surface area contributed by atoms with E-state index in [4.69, 9.17) is 5.21 Å². The van der Waals surface area contributed by atoms with E-state index in [9.17, 15) is 13.2 Å². The molecule has 144 valence electrons. The van der Waals surface area contributed by atoms with Gasteiger partial charge in [0, 0.05) is 31.1 Å². The van der Waals surface area contributed by atoms with E-state index in [0.29, 0.717) is 31.3 Å². The lowest BCUT2D eigenvalue weighted by Crippen LogP contribution is -2.56. The number of hydrogen-bond donors (Lipinski definition) is 2. The fourth-order valence-corrected chi connectivity index (χ4v) is 6.35. The van der Waals surface area contributed by atoms with Gasteiger partial charge in [0.15, 0.2) is 0 Å². The third-order valence-electron chi connectivity index (χ3n) is 4.82. The normalized spacial score (nSPS) is 23.7. The van der Waals surface area contributed by atoms with Gasteiger partial charge in [-0.1, -0.05) is 12.5 Å². The molecule has 1 unspecified atom stereocenters. The molecule has 26 heavy (non-hydrogen) atoms. The highest BCUT2D eigenvalue weighted by molar-refractivity contribution is 7.99. The van der Waals surface area contributed by atoms with Gasteiger partial charge in [0.05, 0.1) is 5.03 Å². The predicted octanol–water partition coefficient (Wildman–Crippen LogP) is 1.24. The summed E-state index contributed by atoms with van der Waals surface area (Å²) in [4.78, 5) is 16.2. The summed E-state index contributed by atoms with van der Waals surface area (Å²) in [5.74, 6) is -0.658. The number of rotatable bonds is 5. The molecule has 1 amide bonds. The Labute approximate surface area is 158 Å². The number of hydroxylamine groups is 1. The van der Waals surface area contributed by atoms with Crippen LogP contribution in [0.4, 0.5) is 0 Å². The number of nitrogens with zero attached hydrogens (tertiary/aromatic N) is 3. The molecule has 2 aliphatic rings. The van der Waals surface area contributed by atoms with Crippen molar-refractivity contribution in [3.05, 3.63) is 24.4 Å². The molecule has 8 nitrogen and oxygen atoms in total. The number of pyridine rings is 1. The highest BCUT2D eigenvalue weighted by Gasteiger charge is 2.41. The Morgan fingerprint density at radius 3 is 2.62 bits per heavy atom. The molecule has 0 aliphatic carbocycles. The second-order valence-electron chi connectivity index (χ2n) is 6.49. The molecule has 1 atom stereocenters. The molecule has 1 aromatic rings. The molecule has 0 spiro atoms. The van der Waals surface area contributed by atoms with Crippen molar-refractivity contribution >= 4 is 27.9 Å². The third kappa shape index (κ3) is 4.37. The van der Waals surface area contributed by atoms with E-state index in [-0.39, 0.29) is 0 Å². The second kappa shape index (κ2) is 8.66. The first-order chi connectivity index (χ1) is 12.5. The molecule has 0 saturated carbocycles. The van der Waals surface area contributed by atoms with E-state index in [1.165, 1.54) is 8.61 Å². The predicted molar refractivity (Wildman–Crippen MR) is 97.9 cm³/mol. The van der Waals surface area contributed by atoms with Crippen LogP contribution in [0.2, 0.25) is 0 Å². The SMILES string of the molecule is O=C(NO)C1CCCCN1S(=O)(=O)N1CCC(Sc2ccccn2)CC1. The summed E-state index contributed by atoms with van der Waals surface area (Å²) < 4.78 is 28.7. The number of thioether (sulfide) groups is 1. The van der Waals surface area contributed by atoms with Gasteiger partial charge in [-0.2, -0.15) is 17.0 Å². The van der Waals surface area contributed by atoms with E-state index in [2.05, 4.69) is 4.98 Å². The number of hydrogen-bond acceptors (Lipinski definition) is 6. The Balaban J connectivity index is 1.62. The molecule has 2 aliphatic heterocycles. The summed E-state index contributed by atoms with van der Waals surface area (Å²) in [6.07, 6.45) is 5.16. The van der Waals surface area contributed by atoms with Crippen molar-refractivity contribution < 1.29 is 18.4 Å². The number of carbonyl (C=O) groups is 1. The average Bonchev–Trinajstić information content (AvgIpc) is 2.68. The van der Waals surface area contributed by atoms with E-state index < -0.39 is 22.2 Å². The van der Waals surface area contributed by atoms with Gasteiger partial charge in [-0.05, 0) is 37.8 Å². The molecule has 3 heterocycles. The zero-order valence-electron chi connectivity index (χ0n) is 14.5. The molecule has 3 rings (SSSR count). The van der Waals surface area contributed by atoms with Crippen LogP contribution in [-0.4, -0.2) is 64.1 Å². The largest absolute Gasteiger partial charge is 0.289 e. The standard InChI is InChI=1S/C16H24N4O4S2/c21-16(18-22)14-5-2-4-10-20(14)26(23,24)19-11-7-13(8-12-19)25-15-6-1-3-9-17-15/h1,3,6,9,13-14,22H,2,4-5,7-8,10-12H2,(H,18,21). The topological polar surface area (TPSA) is 103 Å². The van der Waals surface area contributed by atoms with Gasteiger partial charge in [0.25, 0.3) is 16.1 Å². The number of aromatic nitrogens is 1. The Morgan fingerprint density at radius 2 is 1.96 bits per heavy atom. The molecule has 10 heteroatoms. The smallest absolute Gasteiger partial charge is 0.282 e. The molecular formula is C16H24N4O4S2. The molecule has 2 N–H and O–H groups in total. The lowest BCUT2D eigenvalue weighted by molar-refractivity contribution is -0.134. The van der Waals surface area contributed by atoms with E-state index in [1.54, 1.807) is 23.4 Å². The maximum Gasteiger partial charge on any atom is 0.282 e. The van der Waals surface area contributed by atoms with Crippen LogP contribution in [-0.2, 0) is 15.0 Å². The van der Waals surface area contributed by atoms with Crippen molar-refractivity contribution in [3.63, 3.8) is 0 Å². The van der Waals surface area contributed by atoms with Gasteiger partial charge in [0.1, 0.15) is 6.04 Å². The van der Waals surface area contributed by atoms with Gasteiger partial charge < -0.3 is 0 Å². The Kier molecular flexibility index (Phi) is 6.51. The molecule has 1 aromatic heterocycles. The number of amides is 1.